The molecule has 1 N–H and O–H groups in total. The van der Waals surface area contributed by atoms with Gasteiger partial charge in [-0.2, -0.15) is 0 Å². The van der Waals surface area contributed by atoms with Gasteiger partial charge < -0.3 is 9.77 Å². The van der Waals surface area contributed by atoms with Gasteiger partial charge in [0.05, 0.1) is 0 Å². The molecule has 0 saturated carbocycles. The molecule has 68 valence electrons. The molecule has 0 atom stereocenters. The topological polar surface area (TPSA) is 64.2 Å². The van der Waals surface area contributed by atoms with E-state index in [4.69, 9.17) is 5.21 Å². The molecule has 1 aromatic heterocycles. The summed E-state index contributed by atoms with van der Waals surface area (Å²) >= 11 is 0. The van der Waals surface area contributed by atoms with Crippen LogP contribution >= 0.6 is 0 Å². The molecule has 0 aliphatic rings. The highest BCUT2D eigenvalue weighted by Gasteiger charge is 1.96. The lowest BCUT2D eigenvalue weighted by molar-refractivity contribution is 0.156. The smallest absolute Gasteiger partial charge is 0.364 e. The average Bonchev–Trinajstić information content (AvgIpc) is 2.12. The Bertz CT molecular complexity index is 350. The number of aryl methyl sites for hydroxylation is 1. The highest BCUT2D eigenvalue weighted by molar-refractivity contribution is 4.82. The second-order valence-electron chi connectivity index (χ2n) is 1.86. The van der Waals surface area contributed by atoms with Crippen molar-refractivity contribution < 1.29 is 5.21 Å². The van der Waals surface area contributed by atoms with Crippen LogP contribution in [-0.4, -0.2) is 14.5 Å². The Kier molecular flexibility index (Phi) is 3.82. The van der Waals surface area contributed by atoms with E-state index in [9.17, 15) is 9.59 Å². The minimum absolute atomic E-state index is 0.0556. The van der Waals surface area contributed by atoms with Gasteiger partial charge in [-0.3, -0.25) is 4.79 Å². The monoisotopic (exact) mass is 172 g/mol. The number of aromatic nitrogens is 2. The first-order valence-corrected chi connectivity index (χ1v) is 3.61. The summed E-state index contributed by atoms with van der Waals surface area (Å²) in [6, 6.07) is 1.10. The van der Waals surface area contributed by atoms with Crippen molar-refractivity contribution in [3.63, 3.8) is 0 Å². The van der Waals surface area contributed by atoms with Crippen molar-refractivity contribution >= 4 is 0 Å². The van der Waals surface area contributed by atoms with Gasteiger partial charge in [-0.1, -0.05) is 18.6 Å². The molecular formula is C7H12N2O3. The first kappa shape index (κ1) is 10.5. The van der Waals surface area contributed by atoms with Crippen molar-refractivity contribution in [1.82, 2.24) is 9.30 Å². The van der Waals surface area contributed by atoms with Crippen LogP contribution in [0, 0.1) is 0 Å². The van der Waals surface area contributed by atoms with Crippen LogP contribution in [0.4, 0.5) is 0 Å². The summed E-state index contributed by atoms with van der Waals surface area (Å²) in [6.45, 7) is 4.00. The lowest BCUT2D eigenvalue weighted by atomic mass is 10.6. The minimum Gasteiger partial charge on any atom is -0.421 e. The van der Waals surface area contributed by atoms with Crippen LogP contribution in [0.2, 0.25) is 0 Å². The molecular weight excluding hydrogens is 160 g/mol. The first-order chi connectivity index (χ1) is 5.63. The van der Waals surface area contributed by atoms with Crippen molar-refractivity contribution in [2.75, 3.05) is 0 Å². The largest absolute Gasteiger partial charge is 0.421 e. The summed E-state index contributed by atoms with van der Waals surface area (Å²) in [7, 11) is 1.44. The zero-order valence-electron chi connectivity index (χ0n) is 7.31. The van der Waals surface area contributed by atoms with E-state index < -0.39 is 11.2 Å². The van der Waals surface area contributed by atoms with E-state index in [0.29, 0.717) is 0 Å². The van der Waals surface area contributed by atoms with Crippen LogP contribution in [0.1, 0.15) is 13.8 Å². The molecule has 1 heterocycles. The molecule has 0 aliphatic carbocycles. The van der Waals surface area contributed by atoms with Crippen molar-refractivity contribution in [3.05, 3.63) is 33.1 Å². The summed E-state index contributed by atoms with van der Waals surface area (Å²) < 4.78 is 1.15. The van der Waals surface area contributed by atoms with Crippen LogP contribution in [0.3, 0.4) is 0 Å². The average molecular weight is 172 g/mol. The van der Waals surface area contributed by atoms with Crippen LogP contribution in [0.15, 0.2) is 21.9 Å². The summed E-state index contributed by atoms with van der Waals surface area (Å²) in [6.07, 6.45) is 1.29. The molecule has 0 unspecified atom stereocenters. The van der Waals surface area contributed by atoms with Gasteiger partial charge in [0.2, 0.25) is 0 Å². The van der Waals surface area contributed by atoms with E-state index in [1.54, 1.807) is 0 Å². The van der Waals surface area contributed by atoms with E-state index in [1.165, 1.54) is 13.2 Å². The minimum atomic E-state index is -0.743. The lowest BCUT2D eigenvalue weighted by Crippen LogP contribution is -2.36. The fraction of sp³-hybridized carbons (Fsp3) is 0.429. The van der Waals surface area contributed by atoms with Crippen molar-refractivity contribution in [2.24, 2.45) is 7.05 Å². The van der Waals surface area contributed by atoms with Gasteiger partial charge in [0.15, 0.2) is 0 Å². The SMILES string of the molecule is CC.Cn1ccc(=O)n(O)c1=O. The summed E-state index contributed by atoms with van der Waals surface area (Å²) in [5.41, 5.74) is -1.46. The molecule has 0 radical (unpaired) electrons. The summed E-state index contributed by atoms with van der Waals surface area (Å²) in [5.74, 6) is 0. The third-order valence-corrected chi connectivity index (χ3v) is 1.13. The quantitative estimate of drug-likeness (QED) is 0.552. The van der Waals surface area contributed by atoms with Gasteiger partial charge in [-0.25, -0.2) is 4.79 Å². The Morgan fingerprint density at radius 1 is 1.33 bits per heavy atom. The number of rotatable bonds is 0. The third kappa shape index (κ3) is 1.98. The maximum atomic E-state index is 10.7. The molecule has 0 amide bonds. The van der Waals surface area contributed by atoms with E-state index in [-0.39, 0.29) is 4.73 Å². The van der Waals surface area contributed by atoms with Crippen molar-refractivity contribution in [2.45, 2.75) is 13.8 Å². The molecule has 0 aliphatic heterocycles. The fourth-order valence-corrected chi connectivity index (χ4v) is 0.554. The maximum absolute atomic E-state index is 10.7. The standard InChI is InChI=1S/C5H6N2O3.C2H6/c1-6-3-2-4(8)7(10)5(6)9;1-2/h2-3,10H,1H3;1-2H3. The zero-order valence-corrected chi connectivity index (χ0v) is 7.31. The van der Waals surface area contributed by atoms with Gasteiger partial charge in [0, 0.05) is 19.3 Å². The van der Waals surface area contributed by atoms with E-state index >= 15 is 0 Å². The van der Waals surface area contributed by atoms with Crippen LogP contribution in [-0.2, 0) is 7.05 Å². The van der Waals surface area contributed by atoms with E-state index in [2.05, 4.69) is 0 Å². The molecule has 0 aromatic carbocycles. The number of hydrogen-bond acceptors (Lipinski definition) is 3. The number of hydrogen-bond donors (Lipinski definition) is 1. The molecule has 0 saturated heterocycles. The molecule has 5 heteroatoms. The second-order valence-corrected chi connectivity index (χ2v) is 1.86. The van der Waals surface area contributed by atoms with Crippen LogP contribution in [0.25, 0.3) is 0 Å². The molecule has 0 fully saturated rings. The second kappa shape index (κ2) is 4.38. The maximum Gasteiger partial charge on any atom is 0.364 e. The normalized spacial score (nSPS) is 8.58. The molecule has 1 rings (SSSR count). The van der Waals surface area contributed by atoms with E-state index in [0.717, 1.165) is 10.6 Å². The Labute approximate surface area is 69.5 Å². The van der Waals surface area contributed by atoms with Crippen molar-refractivity contribution in [1.29, 1.82) is 0 Å². The predicted molar refractivity (Wildman–Crippen MR) is 44.5 cm³/mol. The van der Waals surface area contributed by atoms with Gasteiger partial charge in [0.1, 0.15) is 0 Å². The molecule has 0 bridgehead atoms. The summed E-state index contributed by atoms with van der Waals surface area (Å²) in [4.78, 5) is 21.2. The van der Waals surface area contributed by atoms with Crippen LogP contribution < -0.4 is 11.2 Å². The fourth-order valence-electron chi connectivity index (χ4n) is 0.554. The predicted octanol–water partition coefficient (Wildman–Crippen LogP) is -0.190. The van der Waals surface area contributed by atoms with Crippen molar-refractivity contribution in [3.8, 4) is 0 Å². The van der Waals surface area contributed by atoms with Gasteiger partial charge >= 0.3 is 5.69 Å². The highest BCUT2D eigenvalue weighted by Crippen LogP contribution is 1.65. The van der Waals surface area contributed by atoms with Gasteiger partial charge in [0.25, 0.3) is 5.56 Å². The van der Waals surface area contributed by atoms with Crippen LogP contribution in [0.5, 0.6) is 0 Å². The zero-order chi connectivity index (χ0) is 9.72. The third-order valence-electron chi connectivity index (χ3n) is 1.13. The highest BCUT2D eigenvalue weighted by atomic mass is 16.5. The van der Waals surface area contributed by atoms with Gasteiger partial charge in [-0.15, -0.1) is 0 Å². The Balaban J connectivity index is 0.000000561. The molecule has 12 heavy (non-hydrogen) atoms. The molecule has 5 nitrogen and oxygen atoms in total. The van der Waals surface area contributed by atoms with Gasteiger partial charge in [-0.05, 0) is 0 Å². The molecule has 0 spiro atoms. The van der Waals surface area contributed by atoms with E-state index in [1.807, 2.05) is 13.8 Å². The Hall–Kier alpha value is -1.52. The Morgan fingerprint density at radius 2 is 1.83 bits per heavy atom. The Morgan fingerprint density at radius 3 is 2.25 bits per heavy atom. The molecule has 1 aromatic rings. The first-order valence-electron chi connectivity index (χ1n) is 3.61. The summed E-state index contributed by atoms with van der Waals surface area (Å²) in [5, 5.41) is 8.66. The lowest BCUT2D eigenvalue weighted by Gasteiger charge is -1.95. The number of nitrogens with zero attached hydrogens (tertiary/aromatic N) is 2.